The smallest absolute Gasteiger partial charge is 0.223 e. The summed E-state index contributed by atoms with van der Waals surface area (Å²) in [6.45, 7) is 2.26. The number of hydrogen-bond donors (Lipinski definition) is 2. The summed E-state index contributed by atoms with van der Waals surface area (Å²) in [5.41, 5.74) is 6.54. The van der Waals surface area contributed by atoms with Gasteiger partial charge >= 0.3 is 0 Å². The van der Waals surface area contributed by atoms with Crippen LogP contribution in [0.25, 0.3) is 0 Å². The number of para-hydroxylation sites is 1. The summed E-state index contributed by atoms with van der Waals surface area (Å²) in [5.74, 6) is 1.47. The molecule has 2 aromatic rings. The lowest BCUT2D eigenvalue weighted by Gasteiger charge is -2.17. The van der Waals surface area contributed by atoms with E-state index in [1.54, 1.807) is 7.11 Å². The van der Waals surface area contributed by atoms with E-state index in [0.29, 0.717) is 6.54 Å². The average Bonchev–Trinajstić information content (AvgIpc) is 2.61. The van der Waals surface area contributed by atoms with Crippen LogP contribution in [0, 0.1) is 0 Å². The van der Waals surface area contributed by atoms with Gasteiger partial charge in [0, 0.05) is 13.7 Å². The van der Waals surface area contributed by atoms with E-state index in [0.717, 1.165) is 17.1 Å². The van der Waals surface area contributed by atoms with Gasteiger partial charge in [-0.3, -0.25) is 4.79 Å². The molecule has 0 heterocycles. The molecule has 0 radical (unpaired) electrons. The van der Waals surface area contributed by atoms with Crippen LogP contribution in [0.1, 0.15) is 24.9 Å². The highest BCUT2D eigenvalue weighted by Gasteiger charge is 2.14. The minimum Gasteiger partial charge on any atom is -0.457 e. The van der Waals surface area contributed by atoms with Crippen molar-refractivity contribution in [1.29, 1.82) is 0 Å². The van der Waals surface area contributed by atoms with E-state index in [2.05, 4.69) is 5.32 Å². The predicted molar refractivity (Wildman–Crippen MR) is 94.0 cm³/mol. The van der Waals surface area contributed by atoms with Crippen molar-refractivity contribution in [1.82, 2.24) is 5.32 Å². The van der Waals surface area contributed by atoms with Gasteiger partial charge < -0.3 is 20.5 Å². The molecule has 1 amide bonds. The largest absolute Gasteiger partial charge is 0.457 e. The molecule has 0 fully saturated rings. The quantitative estimate of drug-likeness (QED) is 0.781. The molecule has 0 aliphatic carbocycles. The van der Waals surface area contributed by atoms with Gasteiger partial charge in [-0.05, 0) is 36.8 Å². The van der Waals surface area contributed by atoms with Crippen LogP contribution in [0.15, 0.2) is 54.6 Å². The van der Waals surface area contributed by atoms with Gasteiger partial charge in [-0.2, -0.15) is 0 Å². The van der Waals surface area contributed by atoms with Crippen LogP contribution < -0.4 is 15.8 Å². The lowest BCUT2D eigenvalue weighted by atomic mass is 10.1. The van der Waals surface area contributed by atoms with Gasteiger partial charge in [-0.15, -0.1) is 0 Å². The first-order chi connectivity index (χ1) is 11.6. The van der Waals surface area contributed by atoms with Crippen molar-refractivity contribution in [2.24, 2.45) is 5.73 Å². The Morgan fingerprint density at radius 1 is 1.08 bits per heavy atom. The van der Waals surface area contributed by atoms with Crippen molar-refractivity contribution in [3.05, 3.63) is 60.2 Å². The first-order valence-electron chi connectivity index (χ1n) is 7.97. The first-order valence-corrected chi connectivity index (χ1v) is 7.97. The maximum absolute atomic E-state index is 12.0. The summed E-state index contributed by atoms with van der Waals surface area (Å²) in [7, 11) is 1.56. The molecule has 0 saturated heterocycles. The molecule has 0 bridgehead atoms. The molecule has 2 unspecified atom stereocenters. The molecule has 0 saturated carbocycles. The standard InChI is InChI=1S/C19H24N2O3/c1-14(21-19(22)12-18(13-20)23-2)15-8-10-17(11-9-15)24-16-6-4-3-5-7-16/h3-11,14,18H,12-13,20H2,1-2H3,(H,21,22). The fourth-order valence-corrected chi connectivity index (χ4v) is 2.30. The summed E-state index contributed by atoms with van der Waals surface area (Å²) >= 11 is 0. The van der Waals surface area contributed by atoms with E-state index in [-0.39, 0.29) is 24.5 Å². The Hall–Kier alpha value is -2.37. The maximum atomic E-state index is 12.0. The molecule has 2 aromatic carbocycles. The van der Waals surface area contributed by atoms with Gasteiger partial charge in [-0.1, -0.05) is 30.3 Å². The Morgan fingerprint density at radius 2 is 1.71 bits per heavy atom. The number of nitrogens with one attached hydrogen (secondary N) is 1. The number of rotatable bonds is 8. The minimum absolute atomic E-state index is 0.0792. The fourth-order valence-electron chi connectivity index (χ4n) is 2.30. The molecule has 2 rings (SSSR count). The maximum Gasteiger partial charge on any atom is 0.223 e. The summed E-state index contributed by atoms with van der Waals surface area (Å²) in [5, 5.41) is 2.95. The van der Waals surface area contributed by atoms with E-state index in [1.807, 2.05) is 61.5 Å². The molecule has 2 atom stereocenters. The second-order valence-corrected chi connectivity index (χ2v) is 5.57. The Kier molecular flexibility index (Phi) is 6.78. The van der Waals surface area contributed by atoms with Gasteiger partial charge in [0.25, 0.3) is 0 Å². The second-order valence-electron chi connectivity index (χ2n) is 5.57. The topological polar surface area (TPSA) is 73.6 Å². The van der Waals surface area contributed by atoms with E-state index in [9.17, 15) is 4.79 Å². The van der Waals surface area contributed by atoms with Crippen molar-refractivity contribution in [2.75, 3.05) is 13.7 Å². The van der Waals surface area contributed by atoms with E-state index in [1.165, 1.54) is 0 Å². The molecule has 128 valence electrons. The van der Waals surface area contributed by atoms with E-state index < -0.39 is 0 Å². The van der Waals surface area contributed by atoms with Crippen LogP contribution in [-0.2, 0) is 9.53 Å². The van der Waals surface area contributed by atoms with Gasteiger partial charge in [0.15, 0.2) is 0 Å². The van der Waals surface area contributed by atoms with Crippen molar-refractivity contribution in [3.63, 3.8) is 0 Å². The average molecular weight is 328 g/mol. The SMILES string of the molecule is COC(CN)CC(=O)NC(C)c1ccc(Oc2ccccc2)cc1. The number of ether oxygens (including phenoxy) is 2. The molecule has 5 heteroatoms. The Balaban J connectivity index is 1.91. The Bertz CT molecular complexity index is 625. The normalized spacial score (nSPS) is 13.1. The molecule has 0 aromatic heterocycles. The molecular formula is C19H24N2O3. The van der Waals surface area contributed by atoms with Gasteiger partial charge in [0.05, 0.1) is 18.6 Å². The number of nitrogens with two attached hydrogens (primary N) is 1. The lowest BCUT2D eigenvalue weighted by Crippen LogP contribution is -2.33. The number of hydrogen-bond acceptors (Lipinski definition) is 4. The monoisotopic (exact) mass is 328 g/mol. The van der Waals surface area contributed by atoms with Gasteiger partial charge in [0.2, 0.25) is 5.91 Å². The molecule has 0 aliphatic heterocycles. The highest BCUT2D eigenvalue weighted by molar-refractivity contribution is 5.77. The Morgan fingerprint density at radius 3 is 2.29 bits per heavy atom. The zero-order valence-electron chi connectivity index (χ0n) is 14.1. The highest BCUT2D eigenvalue weighted by atomic mass is 16.5. The number of benzene rings is 2. The first kappa shape index (κ1) is 18.0. The molecule has 3 N–H and O–H groups in total. The number of carbonyl (C=O) groups is 1. The zero-order valence-corrected chi connectivity index (χ0v) is 14.1. The second kappa shape index (κ2) is 9.05. The number of carbonyl (C=O) groups excluding carboxylic acids is 1. The van der Waals surface area contributed by atoms with Crippen LogP contribution in [0.3, 0.4) is 0 Å². The van der Waals surface area contributed by atoms with Crippen LogP contribution in [0.2, 0.25) is 0 Å². The lowest BCUT2D eigenvalue weighted by molar-refractivity contribution is -0.124. The van der Waals surface area contributed by atoms with Crippen molar-refractivity contribution < 1.29 is 14.3 Å². The minimum atomic E-state index is -0.251. The fraction of sp³-hybridized carbons (Fsp3) is 0.316. The number of methoxy groups -OCH3 is 1. The third-order valence-electron chi connectivity index (χ3n) is 3.75. The van der Waals surface area contributed by atoms with Gasteiger partial charge in [0.1, 0.15) is 11.5 Å². The van der Waals surface area contributed by atoms with Crippen molar-refractivity contribution in [3.8, 4) is 11.5 Å². The third-order valence-corrected chi connectivity index (χ3v) is 3.75. The van der Waals surface area contributed by atoms with E-state index in [4.69, 9.17) is 15.2 Å². The predicted octanol–water partition coefficient (Wildman–Crippen LogP) is 3.02. The summed E-state index contributed by atoms with van der Waals surface area (Å²) < 4.78 is 10.9. The van der Waals surface area contributed by atoms with Crippen molar-refractivity contribution >= 4 is 5.91 Å². The van der Waals surface area contributed by atoms with E-state index >= 15 is 0 Å². The molecular weight excluding hydrogens is 304 g/mol. The number of amides is 1. The highest BCUT2D eigenvalue weighted by Crippen LogP contribution is 2.23. The molecule has 24 heavy (non-hydrogen) atoms. The van der Waals surface area contributed by atoms with Crippen LogP contribution >= 0.6 is 0 Å². The van der Waals surface area contributed by atoms with Gasteiger partial charge in [-0.25, -0.2) is 0 Å². The summed E-state index contributed by atoms with van der Waals surface area (Å²) in [6.07, 6.45) is 0.00542. The zero-order chi connectivity index (χ0) is 17.4. The Labute approximate surface area is 142 Å². The summed E-state index contributed by atoms with van der Waals surface area (Å²) in [6, 6.07) is 17.2. The molecule has 0 spiro atoms. The van der Waals surface area contributed by atoms with Crippen molar-refractivity contribution in [2.45, 2.75) is 25.5 Å². The van der Waals surface area contributed by atoms with Crippen LogP contribution in [-0.4, -0.2) is 25.7 Å². The summed E-state index contributed by atoms with van der Waals surface area (Å²) in [4.78, 5) is 12.0. The third kappa shape index (κ3) is 5.37. The molecule has 0 aliphatic rings. The van der Waals surface area contributed by atoms with Crippen LogP contribution in [0.5, 0.6) is 11.5 Å². The molecule has 5 nitrogen and oxygen atoms in total. The van der Waals surface area contributed by atoms with Crippen LogP contribution in [0.4, 0.5) is 0 Å².